The summed E-state index contributed by atoms with van der Waals surface area (Å²) in [6.07, 6.45) is 12.4. The molecule has 1 rings (SSSR count). The summed E-state index contributed by atoms with van der Waals surface area (Å²) < 4.78 is 0. The van der Waals surface area contributed by atoms with Crippen LogP contribution in [0.4, 0.5) is 0 Å². The molecule has 0 saturated carbocycles. The summed E-state index contributed by atoms with van der Waals surface area (Å²) in [5, 5.41) is 17.1. The smallest absolute Gasteiger partial charge is 0.157 e. The molecule has 0 fully saturated rings. The highest BCUT2D eigenvalue weighted by Gasteiger charge is 2.04. The second-order valence-corrected chi connectivity index (χ2v) is 4.60. The molecule has 0 aromatic carbocycles. The van der Waals surface area contributed by atoms with E-state index in [9.17, 15) is 0 Å². The molecule has 0 radical (unpaired) electrons. The lowest BCUT2D eigenvalue weighted by Crippen LogP contribution is -2.00. The van der Waals surface area contributed by atoms with Crippen molar-refractivity contribution < 1.29 is 0 Å². The van der Waals surface area contributed by atoms with Gasteiger partial charge in [-0.25, -0.2) is 0 Å². The molecule has 1 aliphatic heterocycles. The van der Waals surface area contributed by atoms with Crippen LogP contribution in [0.3, 0.4) is 0 Å². The predicted octanol–water partition coefficient (Wildman–Crippen LogP) is 4.25. The highest BCUT2D eigenvalue weighted by atomic mass is 15.1. The monoisotopic (exact) mass is 221 g/mol. The zero-order chi connectivity index (χ0) is 11.5. The molecule has 1 heterocycles. The number of hydrogen-bond acceptors (Lipinski definition) is 3. The van der Waals surface area contributed by atoms with Gasteiger partial charge in [-0.05, 0) is 12.8 Å². The molecule has 16 heavy (non-hydrogen) atoms. The van der Waals surface area contributed by atoms with Crippen molar-refractivity contribution in [2.24, 2.45) is 10.2 Å². The van der Waals surface area contributed by atoms with Crippen molar-refractivity contribution in [2.45, 2.75) is 70.3 Å². The fourth-order valence-corrected chi connectivity index (χ4v) is 2.06. The van der Waals surface area contributed by atoms with Crippen LogP contribution in [0.2, 0.25) is 0 Å². The molecule has 0 aromatic rings. The second kappa shape index (κ2) is 9.33. The lowest BCUT2D eigenvalue weighted by Gasteiger charge is -2.05. The van der Waals surface area contributed by atoms with Crippen LogP contribution < -0.4 is 0 Å². The minimum absolute atomic E-state index is 0.192. The highest BCUT2D eigenvalue weighted by molar-refractivity contribution is 4.88. The van der Waals surface area contributed by atoms with Crippen LogP contribution in [-0.2, 0) is 0 Å². The van der Waals surface area contributed by atoms with E-state index in [1.807, 2.05) is 0 Å². The van der Waals surface area contributed by atoms with Crippen molar-refractivity contribution in [2.75, 3.05) is 6.54 Å². The maximum absolute atomic E-state index is 8.89. The molecule has 1 aliphatic rings. The lowest BCUT2D eigenvalue weighted by molar-refractivity contribution is 0.529. The van der Waals surface area contributed by atoms with E-state index in [1.165, 1.54) is 44.9 Å². The summed E-state index contributed by atoms with van der Waals surface area (Å²) in [6.45, 7) is 0.804. The highest BCUT2D eigenvalue weighted by Crippen LogP contribution is 2.13. The summed E-state index contributed by atoms with van der Waals surface area (Å²) in [7, 11) is 0. The number of rotatable bonds is 0. The molecule has 0 amide bonds. The van der Waals surface area contributed by atoms with Gasteiger partial charge in [0.05, 0.1) is 12.6 Å². The Hall–Kier alpha value is -0.910. The van der Waals surface area contributed by atoms with Crippen LogP contribution in [0.15, 0.2) is 10.2 Å². The van der Waals surface area contributed by atoms with Gasteiger partial charge in [0, 0.05) is 0 Å². The van der Waals surface area contributed by atoms with Crippen molar-refractivity contribution in [3.05, 3.63) is 0 Å². The first kappa shape index (κ1) is 13.2. The van der Waals surface area contributed by atoms with Gasteiger partial charge in [-0.1, -0.05) is 51.4 Å². The Morgan fingerprint density at radius 1 is 0.812 bits per heavy atom. The third-order valence-corrected chi connectivity index (χ3v) is 3.11. The molecule has 1 atom stereocenters. The van der Waals surface area contributed by atoms with E-state index in [0.717, 1.165) is 25.8 Å². The third-order valence-electron chi connectivity index (χ3n) is 3.11. The van der Waals surface area contributed by atoms with Gasteiger partial charge in [0.1, 0.15) is 0 Å². The molecular formula is C13H23N3. The first-order chi connectivity index (χ1) is 7.93. The molecule has 3 nitrogen and oxygen atoms in total. The predicted molar refractivity (Wildman–Crippen MR) is 65.3 cm³/mol. The Morgan fingerprint density at radius 3 is 2.00 bits per heavy atom. The zero-order valence-corrected chi connectivity index (χ0v) is 10.2. The van der Waals surface area contributed by atoms with Crippen molar-refractivity contribution in [3.8, 4) is 6.07 Å². The van der Waals surface area contributed by atoms with Gasteiger partial charge in [-0.15, -0.1) is 0 Å². The molecule has 0 bridgehead atoms. The van der Waals surface area contributed by atoms with Gasteiger partial charge in [0.15, 0.2) is 6.04 Å². The Balaban J connectivity index is 2.29. The van der Waals surface area contributed by atoms with Crippen molar-refractivity contribution >= 4 is 0 Å². The molecule has 0 spiro atoms. The van der Waals surface area contributed by atoms with E-state index in [0.29, 0.717) is 0 Å². The van der Waals surface area contributed by atoms with Crippen LogP contribution in [0.5, 0.6) is 0 Å². The average molecular weight is 221 g/mol. The van der Waals surface area contributed by atoms with Gasteiger partial charge in [0.25, 0.3) is 0 Å². The molecule has 1 unspecified atom stereocenters. The summed E-state index contributed by atoms with van der Waals surface area (Å²) in [4.78, 5) is 0. The molecule has 0 N–H and O–H groups in total. The SMILES string of the molecule is N#CC1CCCCCCCCCCCN=N1. The molecule has 0 aromatic heterocycles. The zero-order valence-electron chi connectivity index (χ0n) is 10.2. The van der Waals surface area contributed by atoms with E-state index in [2.05, 4.69) is 16.3 Å². The first-order valence-electron chi connectivity index (χ1n) is 6.69. The Morgan fingerprint density at radius 2 is 1.38 bits per heavy atom. The standard InChI is InChI=1S/C13H23N3/c14-12-13-10-8-6-4-2-1-3-5-7-9-11-15-16-13/h13H,1-11H2. The fourth-order valence-electron chi connectivity index (χ4n) is 2.06. The quantitative estimate of drug-likeness (QED) is 0.603. The van der Waals surface area contributed by atoms with Crippen LogP contribution in [-0.4, -0.2) is 12.6 Å². The molecule has 3 heteroatoms. The Bertz CT molecular complexity index is 230. The van der Waals surface area contributed by atoms with Crippen LogP contribution in [0.25, 0.3) is 0 Å². The van der Waals surface area contributed by atoms with E-state index in [-0.39, 0.29) is 6.04 Å². The topological polar surface area (TPSA) is 48.5 Å². The normalized spacial score (nSPS) is 25.6. The number of hydrogen-bond donors (Lipinski definition) is 0. The maximum atomic E-state index is 8.89. The molecule has 0 aliphatic carbocycles. The molecule has 90 valence electrons. The van der Waals surface area contributed by atoms with Gasteiger partial charge < -0.3 is 0 Å². The van der Waals surface area contributed by atoms with Gasteiger partial charge in [-0.3, -0.25) is 0 Å². The number of nitrogens with zero attached hydrogens (tertiary/aromatic N) is 3. The summed E-state index contributed by atoms with van der Waals surface area (Å²) in [5.41, 5.74) is 0. The molecular weight excluding hydrogens is 198 g/mol. The van der Waals surface area contributed by atoms with E-state index in [1.54, 1.807) is 0 Å². The first-order valence-corrected chi connectivity index (χ1v) is 6.69. The molecule has 0 saturated heterocycles. The summed E-state index contributed by atoms with van der Waals surface area (Å²) >= 11 is 0. The van der Waals surface area contributed by atoms with Gasteiger partial charge in [0.2, 0.25) is 0 Å². The van der Waals surface area contributed by atoms with E-state index in [4.69, 9.17) is 5.26 Å². The van der Waals surface area contributed by atoms with Crippen molar-refractivity contribution in [1.29, 1.82) is 5.26 Å². The van der Waals surface area contributed by atoms with Crippen molar-refractivity contribution in [3.63, 3.8) is 0 Å². The van der Waals surface area contributed by atoms with E-state index < -0.39 is 0 Å². The van der Waals surface area contributed by atoms with Crippen molar-refractivity contribution in [1.82, 2.24) is 0 Å². The Labute approximate surface area is 99.0 Å². The minimum Gasteiger partial charge on any atom is -0.196 e. The third kappa shape index (κ3) is 6.55. The van der Waals surface area contributed by atoms with Crippen LogP contribution in [0.1, 0.15) is 64.2 Å². The maximum Gasteiger partial charge on any atom is 0.157 e. The Kier molecular flexibility index (Phi) is 7.67. The summed E-state index contributed by atoms with van der Waals surface area (Å²) in [6, 6.07) is 2.03. The number of azo groups is 1. The summed E-state index contributed by atoms with van der Waals surface area (Å²) in [5.74, 6) is 0. The van der Waals surface area contributed by atoms with E-state index >= 15 is 0 Å². The fraction of sp³-hybridized carbons (Fsp3) is 0.923. The van der Waals surface area contributed by atoms with Crippen LogP contribution in [0, 0.1) is 11.3 Å². The van der Waals surface area contributed by atoms with Gasteiger partial charge >= 0.3 is 0 Å². The van der Waals surface area contributed by atoms with Gasteiger partial charge in [-0.2, -0.15) is 15.5 Å². The minimum atomic E-state index is -0.192. The average Bonchev–Trinajstić information content (AvgIpc) is 2.32. The van der Waals surface area contributed by atoms with Crippen LogP contribution >= 0.6 is 0 Å². The largest absolute Gasteiger partial charge is 0.196 e. The number of nitriles is 1. The lowest BCUT2D eigenvalue weighted by atomic mass is 10.0. The second-order valence-electron chi connectivity index (χ2n) is 4.60.